The van der Waals surface area contributed by atoms with Gasteiger partial charge in [0.2, 0.25) is 0 Å². The van der Waals surface area contributed by atoms with Crippen LogP contribution in [0.4, 0.5) is 0 Å². The van der Waals surface area contributed by atoms with Gasteiger partial charge >= 0.3 is 5.97 Å². The highest BCUT2D eigenvalue weighted by Crippen LogP contribution is 2.33. The average molecular weight is 309 g/mol. The number of hydrogen-bond donors (Lipinski definition) is 0. The number of amides is 1. The van der Waals surface area contributed by atoms with E-state index in [1.54, 1.807) is 24.3 Å². The third kappa shape index (κ3) is 3.11. The molecule has 1 aliphatic heterocycles. The lowest BCUT2D eigenvalue weighted by atomic mass is 10.0. The molecule has 4 nitrogen and oxygen atoms in total. The molecular weight excluding hydrogens is 290 g/mol. The summed E-state index contributed by atoms with van der Waals surface area (Å²) in [6.07, 6.45) is 1.95. The standard InChI is InChI=1S/C19H19NO3/c1-23-19(22)16-10-5-9-15(13-16)18(21)20-12-6-11-17(20)14-7-3-2-4-8-14/h2-5,7-10,13,17H,6,11-12H2,1H3/t17-/m1/s1. The van der Waals surface area contributed by atoms with Crippen molar-refractivity contribution >= 4 is 11.9 Å². The minimum absolute atomic E-state index is 0.0397. The SMILES string of the molecule is COC(=O)c1cccc(C(=O)N2CCC[C@@H]2c2ccccc2)c1. The highest BCUT2D eigenvalue weighted by atomic mass is 16.5. The van der Waals surface area contributed by atoms with Gasteiger partial charge in [-0.05, 0) is 36.6 Å². The number of nitrogens with zero attached hydrogens (tertiary/aromatic N) is 1. The number of benzene rings is 2. The summed E-state index contributed by atoms with van der Waals surface area (Å²) in [4.78, 5) is 26.4. The van der Waals surface area contributed by atoms with Crippen LogP contribution in [0.1, 0.15) is 45.2 Å². The minimum Gasteiger partial charge on any atom is -0.465 e. The van der Waals surface area contributed by atoms with Crippen molar-refractivity contribution in [2.45, 2.75) is 18.9 Å². The molecule has 0 unspecified atom stereocenters. The number of methoxy groups -OCH3 is 1. The predicted molar refractivity (Wildman–Crippen MR) is 87.2 cm³/mol. The van der Waals surface area contributed by atoms with Crippen LogP contribution in [-0.2, 0) is 4.74 Å². The number of hydrogen-bond acceptors (Lipinski definition) is 3. The van der Waals surface area contributed by atoms with E-state index in [0.717, 1.165) is 24.9 Å². The largest absolute Gasteiger partial charge is 0.465 e. The number of likely N-dealkylation sites (tertiary alicyclic amines) is 1. The van der Waals surface area contributed by atoms with Crippen LogP contribution in [-0.4, -0.2) is 30.4 Å². The fourth-order valence-corrected chi connectivity index (χ4v) is 3.09. The Bertz CT molecular complexity index is 712. The van der Waals surface area contributed by atoms with Crippen molar-refractivity contribution in [3.8, 4) is 0 Å². The van der Waals surface area contributed by atoms with Crippen LogP contribution in [0, 0.1) is 0 Å². The second-order valence-corrected chi connectivity index (χ2v) is 5.64. The molecule has 118 valence electrons. The van der Waals surface area contributed by atoms with Crippen LogP contribution in [0.25, 0.3) is 0 Å². The molecule has 1 atom stereocenters. The van der Waals surface area contributed by atoms with Gasteiger partial charge in [-0.15, -0.1) is 0 Å². The van der Waals surface area contributed by atoms with Crippen LogP contribution in [0.15, 0.2) is 54.6 Å². The van der Waals surface area contributed by atoms with Crippen LogP contribution < -0.4 is 0 Å². The number of ether oxygens (including phenoxy) is 1. The van der Waals surface area contributed by atoms with Crippen molar-refractivity contribution in [3.05, 3.63) is 71.3 Å². The zero-order valence-corrected chi connectivity index (χ0v) is 13.1. The summed E-state index contributed by atoms with van der Waals surface area (Å²) in [6, 6.07) is 16.9. The third-order valence-corrected chi connectivity index (χ3v) is 4.23. The highest BCUT2D eigenvalue weighted by molar-refractivity contribution is 5.98. The van der Waals surface area contributed by atoms with E-state index in [0.29, 0.717) is 11.1 Å². The van der Waals surface area contributed by atoms with Gasteiger partial charge in [-0.3, -0.25) is 4.79 Å². The van der Waals surface area contributed by atoms with Crippen molar-refractivity contribution in [3.63, 3.8) is 0 Å². The molecule has 1 amide bonds. The monoisotopic (exact) mass is 309 g/mol. The number of carbonyl (C=O) groups is 2. The Morgan fingerprint density at radius 2 is 1.78 bits per heavy atom. The van der Waals surface area contributed by atoms with Crippen molar-refractivity contribution in [1.29, 1.82) is 0 Å². The van der Waals surface area contributed by atoms with Crippen LogP contribution in [0.5, 0.6) is 0 Å². The molecule has 0 aromatic heterocycles. The van der Waals surface area contributed by atoms with Crippen molar-refractivity contribution in [2.24, 2.45) is 0 Å². The quantitative estimate of drug-likeness (QED) is 0.816. The topological polar surface area (TPSA) is 46.6 Å². The first kappa shape index (κ1) is 15.3. The van der Waals surface area contributed by atoms with Crippen LogP contribution in [0.3, 0.4) is 0 Å². The normalized spacial score (nSPS) is 17.1. The lowest BCUT2D eigenvalue weighted by molar-refractivity contribution is 0.0600. The summed E-state index contributed by atoms with van der Waals surface area (Å²) in [7, 11) is 1.34. The second kappa shape index (κ2) is 6.65. The van der Waals surface area contributed by atoms with Gasteiger partial charge in [-0.1, -0.05) is 36.4 Å². The summed E-state index contributed by atoms with van der Waals surface area (Å²) >= 11 is 0. The summed E-state index contributed by atoms with van der Waals surface area (Å²) < 4.78 is 4.72. The molecule has 2 aromatic carbocycles. The van der Waals surface area contributed by atoms with Gasteiger partial charge in [-0.25, -0.2) is 4.79 Å². The molecule has 0 aliphatic carbocycles. The van der Waals surface area contributed by atoms with E-state index in [1.165, 1.54) is 7.11 Å². The molecule has 2 aromatic rings. The second-order valence-electron chi connectivity index (χ2n) is 5.64. The molecule has 23 heavy (non-hydrogen) atoms. The van der Waals surface area contributed by atoms with Gasteiger partial charge in [0, 0.05) is 12.1 Å². The Morgan fingerprint density at radius 3 is 2.52 bits per heavy atom. The summed E-state index contributed by atoms with van der Waals surface area (Å²) in [5.74, 6) is -0.470. The fraction of sp³-hybridized carbons (Fsp3) is 0.263. The van der Waals surface area contributed by atoms with Gasteiger partial charge in [0.25, 0.3) is 5.91 Å². The molecule has 0 N–H and O–H groups in total. The summed E-state index contributed by atoms with van der Waals surface area (Å²) in [5, 5.41) is 0. The average Bonchev–Trinajstić information content (AvgIpc) is 3.11. The van der Waals surface area contributed by atoms with Gasteiger partial charge in [-0.2, -0.15) is 0 Å². The number of rotatable bonds is 3. The lowest BCUT2D eigenvalue weighted by Gasteiger charge is -2.25. The Morgan fingerprint density at radius 1 is 1.04 bits per heavy atom. The van der Waals surface area contributed by atoms with E-state index < -0.39 is 5.97 Å². The molecule has 0 spiro atoms. The van der Waals surface area contributed by atoms with Gasteiger partial charge < -0.3 is 9.64 Å². The molecule has 3 rings (SSSR count). The van der Waals surface area contributed by atoms with Crippen LogP contribution >= 0.6 is 0 Å². The summed E-state index contributed by atoms with van der Waals surface area (Å²) in [6.45, 7) is 0.737. The summed E-state index contributed by atoms with van der Waals surface area (Å²) in [5.41, 5.74) is 2.08. The molecule has 1 fully saturated rings. The highest BCUT2D eigenvalue weighted by Gasteiger charge is 2.30. The van der Waals surface area contributed by atoms with E-state index in [2.05, 4.69) is 12.1 Å². The Labute approximate surface area is 135 Å². The molecule has 0 bridgehead atoms. The smallest absolute Gasteiger partial charge is 0.337 e. The molecule has 0 radical (unpaired) electrons. The fourth-order valence-electron chi connectivity index (χ4n) is 3.09. The van der Waals surface area contributed by atoms with Crippen molar-refractivity contribution in [1.82, 2.24) is 4.90 Å². The predicted octanol–water partition coefficient (Wildman–Crippen LogP) is 3.45. The Balaban J connectivity index is 1.86. The van der Waals surface area contributed by atoms with Crippen molar-refractivity contribution in [2.75, 3.05) is 13.7 Å². The van der Waals surface area contributed by atoms with E-state index in [-0.39, 0.29) is 11.9 Å². The van der Waals surface area contributed by atoms with E-state index in [9.17, 15) is 9.59 Å². The van der Waals surface area contributed by atoms with E-state index >= 15 is 0 Å². The molecular formula is C19H19NO3. The maximum Gasteiger partial charge on any atom is 0.337 e. The first-order chi connectivity index (χ1) is 11.2. The first-order valence-electron chi connectivity index (χ1n) is 7.75. The van der Waals surface area contributed by atoms with Gasteiger partial charge in [0.15, 0.2) is 0 Å². The minimum atomic E-state index is -0.430. The molecule has 4 heteroatoms. The maximum atomic E-state index is 12.9. The Hall–Kier alpha value is -2.62. The van der Waals surface area contributed by atoms with Gasteiger partial charge in [0.1, 0.15) is 0 Å². The number of carbonyl (C=O) groups excluding carboxylic acids is 2. The lowest BCUT2D eigenvalue weighted by Crippen LogP contribution is -2.30. The third-order valence-electron chi connectivity index (χ3n) is 4.23. The first-order valence-corrected chi connectivity index (χ1v) is 7.75. The number of esters is 1. The molecule has 0 saturated carbocycles. The molecule has 1 heterocycles. The van der Waals surface area contributed by atoms with E-state index in [1.807, 2.05) is 23.1 Å². The van der Waals surface area contributed by atoms with E-state index in [4.69, 9.17) is 4.74 Å². The zero-order chi connectivity index (χ0) is 16.2. The van der Waals surface area contributed by atoms with Crippen LogP contribution in [0.2, 0.25) is 0 Å². The van der Waals surface area contributed by atoms with Crippen molar-refractivity contribution < 1.29 is 14.3 Å². The Kier molecular flexibility index (Phi) is 4.42. The molecule has 1 saturated heterocycles. The molecule has 1 aliphatic rings. The maximum absolute atomic E-state index is 12.9. The van der Waals surface area contributed by atoms with Gasteiger partial charge in [0.05, 0.1) is 18.7 Å². The zero-order valence-electron chi connectivity index (χ0n) is 13.1.